The lowest BCUT2D eigenvalue weighted by Crippen LogP contribution is -2.25. The molecule has 0 aliphatic rings. The minimum Gasteiger partial charge on any atom is -0.311 e. The van der Waals surface area contributed by atoms with E-state index >= 15 is 0 Å². The average Bonchev–Trinajstić information content (AvgIpc) is 2.83. The monoisotopic (exact) mass is 368 g/mol. The second-order valence-corrected chi connectivity index (χ2v) is 6.47. The van der Waals surface area contributed by atoms with E-state index in [-0.39, 0.29) is 5.91 Å². The Bertz CT molecular complexity index is 630. The molecule has 0 atom stereocenters. The molecule has 0 aliphatic heterocycles. The number of halogens is 1. The van der Waals surface area contributed by atoms with E-state index in [0.29, 0.717) is 11.1 Å². The van der Waals surface area contributed by atoms with E-state index in [4.69, 9.17) is 5.26 Å². The van der Waals surface area contributed by atoms with Gasteiger partial charge in [0.25, 0.3) is 5.91 Å². The molecule has 0 N–H and O–H groups in total. The van der Waals surface area contributed by atoms with Crippen molar-refractivity contribution in [3.63, 3.8) is 0 Å². The van der Waals surface area contributed by atoms with Gasteiger partial charge in [-0.05, 0) is 46.9 Å². The minimum atomic E-state index is -0.0655. The van der Waals surface area contributed by atoms with Crippen LogP contribution in [-0.4, -0.2) is 13.0 Å². The summed E-state index contributed by atoms with van der Waals surface area (Å²) < 4.78 is 1.08. The van der Waals surface area contributed by atoms with Crippen LogP contribution in [0.1, 0.15) is 15.9 Å². The number of anilines is 1. The van der Waals surface area contributed by atoms with Crippen molar-refractivity contribution < 1.29 is 4.79 Å². The van der Waals surface area contributed by atoms with Gasteiger partial charge in [-0.2, -0.15) is 5.26 Å². The van der Waals surface area contributed by atoms with Crippen molar-refractivity contribution in [3.8, 4) is 6.07 Å². The normalized spacial score (nSPS) is 9.83. The van der Waals surface area contributed by atoms with Gasteiger partial charge >= 0.3 is 0 Å². The maximum atomic E-state index is 12.2. The first-order valence-electron chi connectivity index (χ1n) is 5.14. The standard InChI is InChI=1S/C13H9IN2OS/c1-16(11-4-2-3-9(5-11)7-15)13(17)10-6-12(14)18-8-10/h2-6,8H,1H3. The summed E-state index contributed by atoms with van der Waals surface area (Å²) in [7, 11) is 1.71. The highest BCUT2D eigenvalue weighted by Gasteiger charge is 2.15. The Morgan fingerprint density at radius 2 is 2.22 bits per heavy atom. The third-order valence-electron chi connectivity index (χ3n) is 2.48. The fraction of sp³-hybridized carbons (Fsp3) is 0.0769. The molecule has 0 unspecified atom stereocenters. The second kappa shape index (κ2) is 5.50. The Labute approximate surface area is 123 Å². The highest BCUT2D eigenvalue weighted by atomic mass is 127. The van der Waals surface area contributed by atoms with E-state index in [9.17, 15) is 4.79 Å². The number of thiophene rings is 1. The summed E-state index contributed by atoms with van der Waals surface area (Å²) in [5.74, 6) is -0.0655. The lowest BCUT2D eigenvalue weighted by atomic mass is 10.2. The number of hydrogen-bond donors (Lipinski definition) is 0. The van der Waals surface area contributed by atoms with E-state index in [1.54, 1.807) is 30.1 Å². The van der Waals surface area contributed by atoms with Gasteiger partial charge < -0.3 is 4.90 Å². The third-order valence-corrected chi connectivity index (χ3v) is 4.27. The summed E-state index contributed by atoms with van der Waals surface area (Å²) >= 11 is 3.73. The first-order chi connectivity index (χ1) is 8.61. The summed E-state index contributed by atoms with van der Waals surface area (Å²) in [6.07, 6.45) is 0. The molecular formula is C13H9IN2OS. The Morgan fingerprint density at radius 1 is 1.44 bits per heavy atom. The molecular weight excluding hydrogens is 359 g/mol. The van der Waals surface area contributed by atoms with Crippen LogP contribution in [0, 0.1) is 14.2 Å². The van der Waals surface area contributed by atoms with Crippen LogP contribution in [0.3, 0.4) is 0 Å². The number of carbonyl (C=O) groups is 1. The van der Waals surface area contributed by atoms with E-state index in [2.05, 4.69) is 28.7 Å². The molecule has 3 nitrogen and oxygen atoms in total. The zero-order chi connectivity index (χ0) is 13.1. The molecule has 5 heteroatoms. The second-order valence-electron chi connectivity index (χ2n) is 3.67. The predicted octanol–water partition coefficient (Wildman–Crippen LogP) is 3.50. The molecule has 90 valence electrons. The van der Waals surface area contributed by atoms with Crippen LogP contribution < -0.4 is 4.90 Å². The molecule has 2 aromatic rings. The fourth-order valence-electron chi connectivity index (χ4n) is 1.52. The van der Waals surface area contributed by atoms with Gasteiger partial charge in [-0.15, -0.1) is 11.3 Å². The number of hydrogen-bond acceptors (Lipinski definition) is 3. The molecule has 0 spiro atoms. The first-order valence-corrected chi connectivity index (χ1v) is 7.10. The van der Waals surface area contributed by atoms with Crippen molar-refractivity contribution >= 4 is 45.5 Å². The number of carbonyl (C=O) groups excluding carboxylic acids is 1. The Hall–Kier alpha value is -1.39. The molecule has 1 aromatic carbocycles. The van der Waals surface area contributed by atoms with Gasteiger partial charge in [0, 0.05) is 18.1 Å². The van der Waals surface area contributed by atoms with Crippen LogP contribution in [0.2, 0.25) is 0 Å². The maximum Gasteiger partial charge on any atom is 0.258 e. The minimum absolute atomic E-state index is 0.0655. The molecule has 1 heterocycles. The molecule has 1 amide bonds. The lowest BCUT2D eigenvalue weighted by molar-refractivity contribution is 0.0993. The summed E-state index contributed by atoms with van der Waals surface area (Å²) in [5.41, 5.74) is 1.95. The van der Waals surface area contributed by atoms with Crippen molar-refractivity contribution in [2.75, 3.05) is 11.9 Å². The lowest BCUT2D eigenvalue weighted by Gasteiger charge is -2.16. The molecule has 1 aromatic heterocycles. The van der Waals surface area contributed by atoms with Crippen molar-refractivity contribution in [2.24, 2.45) is 0 Å². The number of amides is 1. The predicted molar refractivity (Wildman–Crippen MR) is 80.9 cm³/mol. The summed E-state index contributed by atoms with van der Waals surface area (Å²) in [4.78, 5) is 13.8. The Kier molecular flexibility index (Phi) is 3.99. The number of benzene rings is 1. The molecule has 0 fully saturated rings. The van der Waals surface area contributed by atoms with Gasteiger partial charge in [0.2, 0.25) is 0 Å². The van der Waals surface area contributed by atoms with E-state index in [1.165, 1.54) is 11.3 Å². The first kappa shape index (κ1) is 13.1. The van der Waals surface area contributed by atoms with E-state index in [0.717, 1.165) is 8.57 Å². The highest BCUT2D eigenvalue weighted by molar-refractivity contribution is 14.1. The van der Waals surface area contributed by atoms with Gasteiger partial charge in [-0.1, -0.05) is 6.07 Å². The van der Waals surface area contributed by atoms with Crippen molar-refractivity contribution in [3.05, 3.63) is 49.7 Å². The van der Waals surface area contributed by atoms with Crippen molar-refractivity contribution in [1.29, 1.82) is 5.26 Å². The quantitative estimate of drug-likeness (QED) is 0.762. The van der Waals surface area contributed by atoms with Gasteiger partial charge in [0.15, 0.2) is 0 Å². The van der Waals surface area contributed by atoms with Crippen LogP contribution in [0.5, 0.6) is 0 Å². The van der Waals surface area contributed by atoms with Crippen molar-refractivity contribution in [2.45, 2.75) is 0 Å². The molecule has 0 saturated carbocycles. The van der Waals surface area contributed by atoms with Crippen molar-refractivity contribution in [1.82, 2.24) is 0 Å². The smallest absolute Gasteiger partial charge is 0.258 e. The molecule has 18 heavy (non-hydrogen) atoms. The van der Waals surface area contributed by atoms with Gasteiger partial charge in [0.05, 0.1) is 20.1 Å². The SMILES string of the molecule is CN(C(=O)c1csc(I)c1)c1cccc(C#N)c1. The largest absolute Gasteiger partial charge is 0.311 e. The van der Waals surface area contributed by atoms with Crippen LogP contribution in [0.15, 0.2) is 35.7 Å². The van der Waals surface area contributed by atoms with Crippen LogP contribution in [0.25, 0.3) is 0 Å². The van der Waals surface area contributed by atoms with Crippen LogP contribution in [0.4, 0.5) is 5.69 Å². The summed E-state index contributed by atoms with van der Waals surface area (Å²) in [6, 6.07) is 10.9. The number of nitriles is 1. The zero-order valence-corrected chi connectivity index (χ0v) is 12.5. The Morgan fingerprint density at radius 3 is 2.83 bits per heavy atom. The van der Waals surface area contributed by atoms with E-state index < -0.39 is 0 Å². The molecule has 2 rings (SSSR count). The average molecular weight is 368 g/mol. The van der Waals surface area contributed by atoms with Gasteiger partial charge in [0.1, 0.15) is 0 Å². The maximum absolute atomic E-state index is 12.2. The molecule has 0 saturated heterocycles. The molecule has 0 aliphatic carbocycles. The molecule has 0 bridgehead atoms. The van der Waals surface area contributed by atoms with Gasteiger partial charge in [-0.3, -0.25) is 4.79 Å². The number of nitrogens with zero attached hydrogens (tertiary/aromatic N) is 2. The topological polar surface area (TPSA) is 44.1 Å². The van der Waals surface area contributed by atoms with E-state index in [1.807, 2.05) is 17.5 Å². The summed E-state index contributed by atoms with van der Waals surface area (Å²) in [6.45, 7) is 0. The Balaban J connectivity index is 2.28. The fourth-order valence-corrected chi connectivity index (χ4v) is 2.84. The number of rotatable bonds is 2. The van der Waals surface area contributed by atoms with Crippen LogP contribution in [-0.2, 0) is 0 Å². The highest BCUT2D eigenvalue weighted by Crippen LogP contribution is 2.21. The molecule has 0 radical (unpaired) electrons. The summed E-state index contributed by atoms with van der Waals surface area (Å²) in [5, 5.41) is 10.7. The van der Waals surface area contributed by atoms with Gasteiger partial charge in [-0.25, -0.2) is 0 Å². The van der Waals surface area contributed by atoms with Crippen LogP contribution >= 0.6 is 33.9 Å². The zero-order valence-electron chi connectivity index (χ0n) is 9.55. The third kappa shape index (κ3) is 2.71.